The van der Waals surface area contributed by atoms with E-state index in [0.29, 0.717) is 12.1 Å². The van der Waals surface area contributed by atoms with E-state index in [0.717, 1.165) is 0 Å². The average molecular weight is 299 g/mol. The van der Waals surface area contributed by atoms with Gasteiger partial charge in [-0.05, 0) is 29.9 Å². The molecule has 1 aromatic heterocycles. The lowest BCUT2D eigenvalue weighted by atomic mass is 9.95. The minimum absolute atomic E-state index is 0.357. The highest BCUT2D eigenvalue weighted by molar-refractivity contribution is 7.10. The van der Waals surface area contributed by atoms with Crippen LogP contribution in [0, 0.1) is 0 Å². The molecule has 112 valence electrons. The third-order valence-corrected chi connectivity index (χ3v) is 5.41. The summed E-state index contributed by atoms with van der Waals surface area (Å²) < 4.78 is 0. The van der Waals surface area contributed by atoms with E-state index in [2.05, 4.69) is 53.2 Å². The quantitative estimate of drug-likeness (QED) is 0.781. The van der Waals surface area contributed by atoms with Crippen LogP contribution in [0.5, 0.6) is 0 Å². The van der Waals surface area contributed by atoms with Gasteiger partial charge in [-0.2, -0.15) is 0 Å². The lowest BCUT2D eigenvalue weighted by Gasteiger charge is -2.27. The zero-order valence-electron chi connectivity index (χ0n) is 12.6. The lowest BCUT2D eigenvalue weighted by Crippen LogP contribution is -2.33. The van der Waals surface area contributed by atoms with E-state index >= 15 is 0 Å². The average Bonchev–Trinajstić information content (AvgIpc) is 3.01. The third-order valence-electron chi connectivity index (χ3n) is 4.47. The molecule has 1 fully saturated rings. The molecule has 0 aliphatic heterocycles. The fraction of sp³-hybridized carbons (Fsp3) is 0.474. The van der Waals surface area contributed by atoms with Gasteiger partial charge in [0.25, 0.3) is 0 Å². The highest BCUT2D eigenvalue weighted by Gasteiger charge is 2.20. The molecule has 0 bridgehead atoms. The molecule has 0 radical (unpaired) electrons. The van der Waals surface area contributed by atoms with Crippen LogP contribution in [0.3, 0.4) is 0 Å². The Balaban J connectivity index is 1.76. The molecule has 1 aliphatic rings. The second kappa shape index (κ2) is 7.77. The van der Waals surface area contributed by atoms with Crippen molar-refractivity contribution in [2.24, 2.45) is 0 Å². The van der Waals surface area contributed by atoms with Crippen LogP contribution in [0.15, 0.2) is 47.8 Å². The van der Waals surface area contributed by atoms with Crippen molar-refractivity contribution in [2.75, 3.05) is 0 Å². The van der Waals surface area contributed by atoms with Gasteiger partial charge in [-0.1, -0.05) is 68.5 Å². The summed E-state index contributed by atoms with van der Waals surface area (Å²) in [5.74, 6) is 0. The maximum absolute atomic E-state index is 3.95. The molecular formula is C19H25NS. The second-order valence-electron chi connectivity index (χ2n) is 6.07. The van der Waals surface area contributed by atoms with Gasteiger partial charge in [0.05, 0.1) is 6.04 Å². The van der Waals surface area contributed by atoms with Crippen LogP contribution in [-0.2, 0) is 0 Å². The van der Waals surface area contributed by atoms with Crippen molar-refractivity contribution >= 4 is 11.3 Å². The smallest absolute Gasteiger partial charge is 0.0673 e. The topological polar surface area (TPSA) is 12.0 Å². The molecule has 1 nitrogen and oxygen atoms in total. The lowest BCUT2D eigenvalue weighted by molar-refractivity contribution is 0.372. The molecule has 1 saturated carbocycles. The van der Waals surface area contributed by atoms with Gasteiger partial charge in [-0.15, -0.1) is 11.3 Å². The first kappa shape index (κ1) is 14.8. The van der Waals surface area contributed by atoms with Crippen molar-refractivity contribution in [2.45, 2.75) is 57.0 Å². The van der Waals surface area contributed by atoms with Gasteiger partial charge >= 0.3 is 0 Å². The van der Waals surface area contributed by atoms with E-state index in [1.807, 2.05) is 11.3 Å². The molecule has 0 spiro atoms. The van der Waals surface area contributed by atoms with Crippen LogP contribution >= 0.6 is 11.3 Å². The molecule has 1 aliphatic carbocycles. The maximum atomic E-state index is 3.95. The van der Waals surface area contributed by atoms with Gasteiger partial charge in [0.1, 0.15) is 0 Å². The Bertz CT molecular complexity index is 498. The summed E-state index contributed by atoms with van der Waals surface area (Å²) in [6.07, 6.45) is 9.66. The maximum Gasteiger partial charge on any atom is 0.0673 e. The van der Waals surface area contributed by atoms with E-state index in [9.17, 15) is 0 Å². The Hall–Kier alpha value is -1.12. The molecule has 1 heterocycles. The van der Waals surface area contributed by atoms with E-state index in [1.54, 1.807) is 0 Å². The number of benzene rings is 1. The molecule has 0 saturated heterocycles. The van der Waals surface area contributed by atoms with E-state index in [4.69, 9.17) is 0 Å². The van der Waals surface area contributed by atoms with Crippen molar-refractivity contribution in [3.63, 3.8) is 0 Å². The van der Waals surface area contributed by atoms with Crippen LogP contribution in [0.25, 0.3) is 0 Å². The highest BCUT2D eigenvalue weighted by Crippen LogP contribution is 2.28. The van der Waals surface area contributed by atoms with Gasteiger partial charge in [0, 0.05) is 10.9 Å². The molecular weight excluding hydrogens is 274 g/mol. The molecule has 2 aromatic rings. The summed E-state index contributed by atoms with van der Waals surface area (Å²) >= 11 is 1.86. The predicted octanol–water partition coefficient (Wildman–Crippen LogP) is 5.54. The summed E-state index contributed by atoms with van der Waals surface area (Å²) in [7, 11) is 0. The molecule has 1 unspecified atom stereocenters. The van der Waals surface area contributed by atoms with Gasteiger partial charge < -0.3 is 5.32 Å². The number of hydrogen-bond acceptors (Lipinski definition) is 2. The minimum Gasteiger partial charge on any atom is -0.303 e. The Kier molecular flexibility index (Phi) is 5.47. The Morgan fingerprint density at radius 3 is 2.24 bits per heavy atom. The van der Waals surface area contributed by atoms with Crippen molar-refractivity contribution in [3.8, 4) is 0 Å². The summed E-state index contributed by atoms with van der Waals surface area (Å²) in [4.78, 5) is 1.43. The molecule has 1 N–H and O–H groups in total. The SMILES string of the molecule is c1ccc(C(NC2CCCCCCC2)c2cccs2)cc1. The van der Waals surface area contributed by atoms with Crippen LogP contribution in [0.1, 0.15) is 61.4 Å². The summed E-state index contributed by atoms with van der Waals surface area (Å²) in [5, 5.41) is 6.14. The minimum atomic E-state index is 0.357. The fourth-order valence-corrected chi connectivity index (χ4v) is 4.11. The Morgan fingerprint density at radius 1 is 0.857 bits per heavy atom. The Labute approximate surface area is 132 Å². The van der Waals surface area contributed by atoms with Crippen LogP contribution in [-0.4, -0.2) is 6.04 Å². The van der Waals surface area contributed by atoms with Crippen LogP contribution in [0.2, 0.25) is 0 Å². The van der Waals surface area contributed by atoms with Gasteiger partial charge in [-0.3, -0.25) is 0 Å². The standard InChI is InChI=1S/C19H25NS/c1-2-7-12-17(13-8-3-1)20-19(18-14-9-15-21-18)16-10-5-4-6-11-16/h4-6,9-11,14-15,17,19-20H,1-3,7-8,12-13H2. The highest BCUT2D eigenvalue weighted by atomic mass is 32.1. The second-order valence-corrected chi connectivity index (χ2v) is 7.05. The molecule has 1 aromatic carbocycles. The number of nitrogens with one attached hydrogen (secondary N) is 1. The monoisotopic (exact) mass is 299 g/mol. The normalized spacial score (nSPS) is 18.9. The van der Waals surface area contributed by atoms with E-state index in [-0.39, 0.29) is 0 Å². The largest absolute Gasteiger partial charge is 0.303 e. The van der Waals surface area contributed by atoms with E-state index < -0.39 is 0 Å². The fourth-order valence-electron chi connectivity index (χ4n) is 3.30. The van der Waals surface area contributed by atoms with Gasteiger partial charge in [0.15, 0.2) is 0 Å². The van der Waals surface area contributed by atoms with Crippen molar-refractivity contribution in [1.82, 2.24) is 5.32 Å². The number of rotatable bonds is 4. The zero-order chi connectivity index (χ0) is 14.3. The summed E-state index contributed by atoms with van der Waals surface area (Å²) in [6, 6.07) is 16.3. The predicted molar refractivity (Wildman–Crippen MR) is 91.8 cm³/mol. The van der Waals surface area contributed by atoms with Gasteiger partial charge in [-0.25, -0.2) is 0 Å². The summed E-state index contributed by atoms with van der Waals surface area (Å²) in [5.41, 5.74) is 1.39. The third kappa shape index (κ3) is 4.18. The van der Waals surface area contributed by atoms with Crippen molar-refractivity contribution < 1.29 is 0 Å². The first-order valence-electron chi connectivity index (χ1n) is 8.28. The number of thiophene rings is 1. The van der Waals surface area contributed by atoms with Crippen molar-refractivity contribution in [3.05, 3.63) is 58.3 Å². The summed E-state index contributed by atoms with van der Waals surface area (Å²) in [6.45, 7) is 0. The van der Waals surface area contributed by atoms with Gasteiger partial charge in [0.2, 0.25) is 0 Å². The van der Waals surface area contributed by atoms with Crippen LogP contribution in [0.4, 0.5) is 0 Å². The molecule has 21 heavy (non-hydrogen) atoms. The first-order valence-corrected chi connectivity index (χ1v) is 9.16. The molecule has 2 heteroatoms. The molecule has 1 atom stereocenters. The first-order chi connectivity index (χ1) is 10.4. The van der Waals surface area contributed by atoms with Crippen molar-refractivity contribution in [1.29, 1.82) is 0 Å². The van der Waals surface area contributed by atoms with E-state index in [1.165, 1.54) is 55.4 Å². The molecule has 0 amide bonds. The Morgan fingerprint density at radius 2 is 1.57 bits per heavy atom. The van der Waals surface area contributed by atoms with Crippen LogP contribution < -0.4 is 5.32 Å². The number of hydrogen-bond donors (Lipinski definition) is 1. The zero-order valence-corrected chi connectivity index (χ0v) is 13.4. The molecule has 3 rings (SSSR count).